The first-order valence-corrected chi connectivity index (χ1v) is 11.4. The van der Waals surface area contributed by atoms with Crippen molar-refractivity contribution in [1.82, 2.24) is 25.9 Å². The Morgan fingerprint density at radius 2 is 1.60 bits per heavy atom. The van der Waals surface area contributed by atoms with Crippen LogP contribution in [0.2, 0.25) is 0 Å². The molecule has 0 aliphatic heterocycles. The molecule has 0 saturated heterocycles. The van der Waals surface area contributed by atoms with Gasteiger partial charge in [-0.1, -0.05) is 27.7 Å². The first-order valence-electron chi connectivity index (χ1n) is 11.4. The minimum atomic E-state index is -1.18. The SMILES string of the molecule is CC(C)CC(NC(=O)C(NC(=O)C(Cc1cnc[nH]1)NC(=O)C(N)CCC(=O)O)C(C)C)C(=O)O. The van der Waals surface area contributed by atoms with Crippen molar-refractivity contribution in [3.05, 3.63) is 18.2 Å². The van der Waals surface area contributed by atoms with Gasteiger partial charge < -0.3 is 36.9 Å². The molecule has 0 saturated carbocycles. The Hall–Kier alpha value is -3.48. The summed E-state index contributed by atoms with van der Waals surface area (Å²) in [6, 6.07) is -4.50. The number of carboxylic acid groups (broad SMARTS) is 2. The minimum absolute atomic E-state index is 0.000753. The number of amides is 3. The quantitative estimate of drug-likeness (QED) is 0.164. The van der Waals surface area contributed by atoms with Crippen molar-refractivity contribution in [3.63, 3.8) is 0 Å². The molecule has 4 atom stereocenters. The summed E-state index contributed by atoms with van der Waals surface area (Å²) in [5, 5.41) is 25.8. The maximum atomic E-state index is 13.1. The lowest BCUT2D eigenvalue weighted by Gasteiger charge is -2.27. The second-order valence-corrected chi connectivity index (χ2v) is 9.14. The molecule has 0 fully saturated rings. The van der Waals surface area contributed by atoms with E-state index in [0.29, 0.717) is 5.69 Å². The highest BCUT2D eigenvalue weighted by Crippen LogP contribution is 2.09. The van der Waals surface area contributed by atoms with Crippen molar-refractivity contribution < 1.29 is 34.2 Å². The molecule has 4 unspecified atom stereocenters. The lowest BCUT2D eigenvalue weighted by molar-refractivity contribution is -0.143. The van der Waals surface area contributed by atoms with Gasteiger partial charge >= 0.3 is 11.9 Å². The van der Waals surface area contributed by atoms with Crippen molar-refractivity contribution in [2.24, 2.45) is 17.6 Å². The Morgan fingerprint density at radius 3 is 2.09 bits per heavy atom. The second kappa shape index (κ2) is 14.0. The number of hydrogen-bond donors (Lipinski definition) is 7. The highest BCUT2D eigenvalue weighted by Gasteiger charge is 2.32. The third-order valence-electron chi connectivity index (χ3n) is 5.19. The first-order chi connectivity index (χ1) is 16.3. The number of aromatic amines is 1. The van der Waals surface area contributed by atoms with Crippen molar-refractivity contribution in [3.8, 4) is 0 Å². The number of carboxylic acids is 2. The van der Waals surface area contributed by atoms with Crippen LogP contribution in [0.3, 0.4) is 0 Å². The van der Waals surface area contributed by atoms with Gasteiger partial charge in [-0.15, -0.1) is 0 Å². The molecule has 1 heterocycles. The van der Waals surface area contributed by atoms with Crippen LogP contribution in [-0.4, -0.2) is 74.0 Å². The molecular formula is C22H36N6O7. The van der Waals surface area contributed by atoms with Crippen LogP contribution in [-0.2, 0) is 30.4 Å². The highest BCUT2D eigenvalue weighted by atomic mass is 16.4. The maximum Gasteiger partial charge on any atom is 0.326 e. The number of imidazole rings is 1. The van der Waals surface area contributed by atoms with E-state index in [1.807, 2.05) is 13.8 Å². The number of aliphatic carboxylic acids is 2. The number of aromatic nitrogens is 2. The van der Waals surface area contributed by atoms with Gasteiger partial charge in [-0.2, -0.15) is 0 Å². The molecule has 0 bridgehead atoms. The summed E-state index contributed by atoms with van der Waals surface area (Å²) in [5.74, 6) is -4.74. The highest BCUT2D eigenvalue weighted by molar-refractivity contribution is 5.94. The Balaban J connectivity index is 3.00. The van der Waals surface area contributed by atoms with Crippen LogP contribution in [0.1, 0.15) is 52.7 Å². The molecule has 3 amide bonds. The fraction of sp³-hybridized carbons (Fsp3) is 0.636. The molecule has 35 heavy (non-hydrogen) atoms. The van der Waals surface area contributed by atoms with Gasteiger partial charge in [0.1, 0.15) is 18.1 Å². The zero-order valence-electron chi connectivity index (χ0n) is 20.4. The Labute approximate surface area is 203 Å². The number of nitrogens with one attached hydrogen (secondary N) is 4. The fourth-order valence-corrected chi connectivity index (χ4v) is 3.26. The fourth-order valence-electron chi connectivity index (χ4n) is 3.26. The normalized spacial score (nSPS) is 14.6. The Bertz CT molecular complexity index is 872. The summed E-state index contributed by atoms with van der Waals surface area (Å²) in [7, 11) is 0. The number of nitrogens with zero attached hydrogens (tertiary/aromatic N) is 1. The van der Waals surface area contributed by atoms with E-state index in [-0.39, 0.29) is 31.6 Å². The average molecular weight is 497 g/mol. The molecule has 196 valence electrons. The number of rotatable bonds is 15. The molecule has 13 nitrogen and oxygen atoms in total. The zero-order valence-corrected chi connectivity index (χ0v) is 20.4. The molecule has 0 aromatic carbocycles. The molecule has 1 aromatic heterocycles. The van der Waals surface area contributed by atoms with E-state index in [0.717, 1.165) is 0 Å². The monoisotopic (exact) mass is 496 g/mol. The summed E-state index contributed by atoms with van der Waals surface area (Å²) >= 11 is 0. The van der Waals surface area contributed by atoms with Gasteiger partial charge in [-0.05, 0) is 24.7 Å². The van der Waals surface area contributed by atoms with Crippen molar-refractivity contribution >= 4 is 29.7 Å². The molecule has 1 aromatic rings. The smallest absolute Gasteiger partial charge is 0.326 e. The maximum absolute atomic E-state index is 13.1. The van der Waals surface area contributed by atoms with E-state index in [1.54, 1.807) is 13.8 Å². The lowest BCUT2D eigenvalue weighted by Crippen LogP contribution is -2.59. The van der Waals surface area contributed by atoms with Crippen LogP contribution >= 0.6 is 0 Å². The summed E-state index contributed by atoms with van der Waals surface area (Å²) in [6.07, 6.45) is 2.64. The number of hydrogen-bond acceptors (Lipinski definition) is 7. The van der Waals surface area contributed by atoms with Crippen LogP contribution in [0.4, 0.5) is 0 Å². The van der Waals surface area contributed by atoms with E-state index >= 15 is 0 Å². The number of nitrogens with two attached hydrogens (primary N) is 1. The largest absolute Gasteiger partial charge is 0.481 e. The van der Waals surface area contributed by atoms with E-state index in [9.17, 15) is 29.1 Å². The standard InChI is InChI=1S/C22H36N6O7/c1-11(2)7-16(22(34)35)27-21(33)18(12(3)4)28-20(32)15(8-13-9-24-10-25-13)26-19(31)14(23)5-6-17(29)30/h9-12,14-16,18H,5-8,23H2,1-4H3,(H,24,25)(H,26,31)(H,27,33)(H,28,32)(H,29,30)(H,34,35). The van der Waals surface area contributed by atoms with E-state index in [1.165, 1.54) is 12.5 Å². The van der Waals surface area contributed by atoms with Gasteiger partial charge in [0.2, 0.25) is 17.7 Å². The van der Waals surface area contributed by atoms with E-state index < -0.39 is 59.7 Å². The third kappa shape index (κ3) is 10.5. The van der Waals surface area contributed by atoms with Crippen LogP contribution < -0.4 is 21.7 Å². The van der Waals surface area contributed by atoms with Crippen molar-refractivity contribution in [1.29, 1.82) is 0 Å². The molecule has 8 N–H and O–H groups in total. The van der Waals surface area contributed by atoms with Gasteiger partial charge in [-0.25, -0.2) is 9.78 Å². The van der Waals surface area contributed by atoms with Crippen LogP contribution in [0.5, 0.6) is 0 Å². The summed E-state index contributed by atoms with van der Waals surface area (Å²) in [4.78, 5) is 67.5. The van der Waals surface area contributed by atoms with Crippen LogP contribution in [0, 0.1) is 11.8 Å². The molecule has 0 aliphatic carbocycles. The van der Waals surface area contributed by atoms with Crippen molar-refractivity contribution in [2.75, 3.05) is 0 Å². The second-order valence-electron chi connectivity index (χ2n) is 9.14. The van der Waals surface area contributed by atoms with Gasteiger partial charge in [-0.3, -0.25) is 19.2 Å². The molecule has 13 heteroatoms. The van der Waals surface area contributed by atoms with Gasteiger partial charge in [0.15, 0.2) is 0 Å². The van der Waals surface area contributed by atoms with Crippen molar-refractivity contribution in [2.45, 2.75) is 77.5 Å². The van der Waals surface area contributed by atoms with Crippen LogP contribution in [0.15, 0.2) is 12.5 Å². The lowest BCUT2D eigenvalue weighted by atomic mass is 9.99. The van der Waals surface area contributed by atoms with Gasteiger partial charge in [0.25, 0.3) is 0 Å². The summed E-state index contributed by atoms with van der Waals surface area (Å²) < 4.78 is 0. The first kappa shape index (κ1) is 29.6. The van der Waals surface area contributed by atoms with E-state index in [4.69, 9.17) is 10.8 Å². The van der Waals surface area contributed by atoms with Gasteiger partial charge in [0, 0.05) is 24.7 Å². The third-order valence-corrected chi connectivity index (χ3v) is 5.19. The van der Waals surface area contributed by atoms with E-state index in [2.05, 4.69) is 25.9 Å². The molecule has 0 aliphatic rings. The predicted molar refractivity (Wildman–Crippen MR) is 125 cm³/mol. The summed E-state index contributed by atoms with van der Waals surface area (Å²) in [6.45, 7) is 7.03. The molecule has 1 rings (SSSR count). The Kier molecular flexibility index (Phi) is 11.9. The average Bonchev–Trinajstić information content (AvgIpc) is 3.26. The molecule has 0 spiro atoms. The minimum Gasteiger partial charge on any atom is -0.481 e. The zero-order chi connectivity index (χ0) is 26.7. The van der Waals surface area contributed by atoms with Crippen LogP contribution in [0.25, 0.3) is 0 Å². The number of carbonyl (C=O) groups is 5. The summed E-state index contributed by atoms with van der Waals surface area (Å²) in [5.41, 5.74) is 6.29. The molecular weight excluding hydrogens is 460 g/mol. The number of H-pyrrole nitrogens is 1. The Morgan fingerprint density at radius 1 is 0.971 bits per heavy atom. The predicted octanol–water partition coefficient (Wildman–Crippen LogP) is -0.615. The topological polar surface area (TPSA) is 217 Å². The van der Waals surface area contributed by atoms with Gasteiger partial charge in [0.05, 0.1) is 12.4 Å². The molecule has 0 radical (unpaired) electrons. The number of carbonyl (C=O) groups excluding carboxylic acids is 3.